The quantitative estimate of drug-likeness (QED) is 0.750. The molecule has 2 aromatic carbocycles. The van der Waals surface area contributed by atoms with Gasteiger partial charge >= 0.3 is 6.09 Å². The van der Waals surface area contributed by atoms with Gasteiger partial charge in [-0.05, 0) is 61.9 Å². The lowest BCUT2D eigenvalue weighted by Crippen LogP contribution is -2.33. The minimum absolute atomic E-state index is 0.0696. The first kappa shape index (κ1) is 18.6. The number of benzene rings is 2. The van der Waals surface area contributed by atoms with E-state index < -0.39 is 0 Å². The van der Waals surface area contributed by atoms with Gasteiger partial charge in [-0.1, -0.05) is 42.3 Å². The van der Waals surface area contributed by atoms with Crippen LogP contribution in [-0.4, -0.2) is 12.1 Å². The first-order valence-electron chi connectivity index (χ1n) is 8.61. The maximum absolute atomic E-state index is 11.8. The Morgan fingerprint density at radius 3 is 2.68 bits per heavy atom. The van der Waals surface area contributed by atoms with Crippen molar-refractivity contribution in [3.63, 3.8) is 0 Å². The fourth-order valence-corrected chi connectivity index (χ4v) is 2.74. The van der Waals surface area contributed by atoms with E-state index in [1.165, 1.54) is 11.1 Å². The van der Waals surface area contributed by atoms with E-state index in [2.05, 4.69) is 30.3 Å². The van der Waals surface area contributed by atoms with Crippen molar-refractivity contribution < 1.29 is 9.53 Å². The van der Waals surface area contributed by atoms with Gasteiger partial charge in [-0.3, -0.25) is 0 Å². The molecule has 0 saturated heterocycles. The summed E-state index contributed by atoms with van der Waals surface area (Å²) >= 11 is 0. The summed E-state index contributed by atoms with van der Waals surface area (Å²) in [6, 6.07) is 16.0. The van der Waals surface area contributed by atoms with Crippen LogP contribution in [0.4, 0.5) is 4.79 Å². The van der Waals surface area contributed by atoms with E-state index in [4.69, 9.17) is 11.2 Å². The maximum atomic E-state index is 11.8. The summed E-state index contributed by atoms with van der Waals surface area (Å²) in [6.45, 7) is 4.34. The number of ether oxygens (including phenoxy) is 1. The molecule has 3 heteroatoms. The third-order valence-electron chi connectivity index (χ3n) is 3.98. The summed E-state index contributed by atoms with van der Waals surface area (Å²) in [5.41, 5.74) is 4.33. The zero-order valence-corrected chi connectivity index (χ0v) is 14.9. The Morgan fingerprint density at radius 1 is 1.20 bits per heavy atom. The summed E-state index contributed by atoms with van der Waals surface area (Å²) in [4.78, 5) is 11.8. The van der Waals surface area contributed by atoms with Crippen LogP contribution < -0.4 is 5.32 Å². The maximum Gasteiger partial charge on any atom is 0.407 e. The Hall–Kier alpha value is -2.73. The lowest BCUT2D eigenvalue weighted by Gasteiger charge is -2.14. The van der Waals surface area contributed by atoms with Crippen LogP contribution in [0.5, 0.6) is 0 Å². The van der Waals surface area contributed by atoms with E-state index in [1.807, 2.05) is 43.3 Å². The molecule has 0 heterocycles. The fourth-order valence-electron chi connectivity index (χ4n) is 2.74. The van der Waals surface area contributed by atoms with Crippen molar-refractivity contribution in [3.05, 3.63) is 70.8 Å². The number of alkyl carbamates (subject to hydrolysis) is 1. The highest BCUT2D eigenvalue weighted by molar-refractivity contribution is 5.67. The molecule has 1 N–H and O–H groups in total. The molecule has 2 aromatic rings. The highest BCUT2D eigenvalue weighted by Gasteiger charge is 2.08. The van der Waals surface area contributed by atoms with Crippen LogP contribution in [0.15, 0.2) is 48.5 Å². The highest BCUT2D eigenvalue weighted by Crippen LogP contribution is 2.12. The second-order valence-electron chi connectivity index (χ2n) is 6.35. The first-order valence-corrected chi connectivity index (χ1v) is 8.61. The molecule has 0 saturated carbocycles. The minimum Gasteiger partial charge on any atom is -0.445 e. The molecule has 130 valence electrons. The van der Waals surface area contributed by atoms with Gasteiger partial charge in [-0.25, -0.2) is 4.79 Å². The van der Waals surface area contributed by atoms with Crippen LogP contribution >= 0.6 is 0 Å². The second kappa shape index (κ2) is 9.54. The summed E-state index contributed by atoms with van der Waals surface area (Å²) < 4.78 is 5.24. The number of hydrogen-bond donors (Lipinski definition) is 1. The molecule has 0 bridgehead atoms. The van der Waals surface area contributed by atoms with E-state index in [1.54, 1.807) is 0 Å². The highest BCUT2D eigenvalue weighted by atomic mass is 16.5. The van der Waals surface area contributed by atoms with Crippen molar-refractivity contribution in [2.75, 3.05) is 0 Å². The van der Waals surface area contributed by atoms with Gasteiger partial charge < -0.3 is 10.1 Å². The Kier molecular flexibility index (Phi) is 7.10. The zero-order valence-electron chi connectivity index (χ0n) is 14.9. The van der Waals surface area contributed by atoms with Crippen LogP contribution in [0.2, 0.25) is 0 Å². The summed E-state index contributed by atoms with van der Waals surface area (Å²) in [7, 11) is 0. The number of amides is 1. The van der Waals surface area contributed by atoms with Crippen LogP contribution in [0.25, 0.3) is 0 Å². The number of carbonyl (C=O) groups is 1. The van der Waals surface area contributed by atoms with Crippen molar-refractivity contribution in [2.45, 2.75) is 45.8 Å². The number of terminal acetylenes is 1. The molecule has 0 aromatic heterocycles. The van der Waals surface area contributed by atoms with Crippen molar-refractivity contribution in [3.8, 4) is 12.3 Å². The van der Waals surface area contributed by atoms with Gasteiger partial charge in [-0.15, -0.1) is 6.42 Å². The van der Waals surface area contributed by atoms with Gasteiger partial charge in [0.2, 0.25) is 0 Å². The summed E-state index contributed by atoms with van der Waals surface area (Å²) in [5.74, 6) is 2.69. The van der Waals surface area contributed by atoms with E-state index in [-0.39, 0.29) is 18.7 Å². The van der Waals surface area contributed by atoms with Gasteiger partial charge in [0.25, 0.3) is 0 Å². The van der Waals surface area contributed by atoms with Crippen molar-refractivity contribution >= 4 is 6.09 Å². The van der Waals surface area contributed by atoms with E-state index in [0.29, 0.717) is 0 Å². The van der Waals surface area contributed by atoms with Crippen molar-refractivity contribution in [1.29, 1.82) is 0 Å². The molecule has 1 amide bonds. The molecule has 0 fully saturated rings. The minimum atomic E-state index is -0.374. The largest absolute Gasteiger partial charge is 0.445 e. The average Bonchev–Trinajstić information content (AvgIpc) is 2.60. The summed E-state index contributed by atoms with van der Waals surface area (Å²) in [5, 5.41) is 2.88. The standard InChI is InChI=1S/C22H25NO2/c1-4-19-13-17(2)14-21(15-19)12-8-9-18(3)23-22(24)25-16-20-10-6-5-7-11-20/h1,5-7,10-11,13-15,18H,8-9,12,16H2,2-3H3,(H,23,24)/t18-/m0/s1. The fraction of sp³-hybridized carbons (Fsp3) is 0.318. The first-order chi connectivity index (χ1) is 12.1. The zero-order chi connectivity index (χ0) is 18.1. The van der Waals surface area contributed by atoms with Gasteiger partial charge in [0.15, 0.2) is 0 Å². The molecular formula is C22H25NO2. The Balaban J connectivity index is 1.70. The van der Waals surface area contributed by atoms with Gasteiger partial charge in [0.05, 0.1) is 0 Å². The number of nitrogens with one attached hydrogen (secondary N) is 1. The molecule has 2 rings (SSSR count). The molecule has 0 aliphatic heterocycles. The molecule has 3 nitrogen and oxygen atoms in total. The van der Waals surface area contributed by atoms with Gasteiger partial charge in [0, 0.05) is 11.6 Å². The predicted octanol–water partition coefficient (Wildman–Crippen LogP) is 4.61. The molecule has 0 aliphatic rings. The van der Waals surface area contributed by atoms with Crippen LogP contribution in [0.1, 0.15) is 42.0 Å². The van der Waals surface area contributed by atoms with Crippen LogP contribution in [0, 0.1) is 19.3 Å². The number of aryl methyl sites for hydroxylation is 2. The monoisotopic (exact) mass is 335 g/mol. The predicted molar refractivity (Wildman–Crippen MR) is 101 cm³/mol. The van der Waals surface area contributed by atoms with Crippen LogP contribution in [-0.2, 0) is 17.8 Å². The smallest absolute Gasteiger partial charge is 0.407 e. The second-order valence-corrected chi connectivity index (χ2v) is 6.35. The van der Waals surface area contributed by atoms with E-state index >= 15 is 0 Å². The molecule has 25 heavy (non-hydrogen) atoms. The van der Waals surface area contributed by atoms with Crippen LogP contribution in [0.3, 0.4) is 0 Å². The molecular weight excluding hydrogens is 310 g/mol. The normalized spacial score (nSPS) is 11.4. The van der Waals surface area contributed by atoms with Gasteiger partial charge in [0.1, 0.15) is 6.61 Å². The lowest BCUT2D eigenvalue weighted by atomic mass is 10.0. The number of hydrogen-bond acceptors (Lipinski definition) is 2. The number of rotatable bonds is 7. The Morgan fingerprint density at radius 2 is 1.96 bits per heavy atom. The summed E-state index contributed by atoms with van der Waals surface area (Å²) in [6.07, 6.45) is 7.92. The van der Waals surface area contributed by atoms with Crippen molar-refractivity contribution in [2.24, 2.45) is 0 Å². The molecule has 0 spiro atoms. The van der Waals surface area contributed by atoms with E-state index in [9.17, 15) is 4.79 Å². The lowest BCUT2D eigenvalue weighted by molar-refractivity contribution is 0.136. The third kappa shape index (κ3) is 6.73. The van der Waals surface area contributed by atoms with E-state index in [0.717, 1.165) is 30.4 Å². The third-order valence-corrected chi connectivity index (χ3v) is 3.98. The van der Waals surface area contributed by atoms with Gasteiger partial charge in [-0.2, -0.15) is 0 Å². The Bertz CT molecular complexity index is 731. The number of carbonyl (C=O) groups excluding carboxylic acids is 1. The molecule has 1 atom stereocenters. The molecule has 0 unspecified atom stereocenters. The molecule has 0 aliphatic carbocycles. The SMILES string of the molecule is C#Cc1cc(C)cc(CCC[C@H](C)NC(=O)OCc2ccccc2)c1. The topological polar surface area (TPSA) is 38.3 Å². The Labute approximate surface area is 150 Å². The average molecular weight is 335 g/mol. The van der Waals surface area contributed by atoms with Crippen molar-refractivity contribution in [1.82, 2.24) is 5.32 Å². The molecule has 0 radical (unpaired) electrons.